The molecular weight excluding hydrogens is 268 g/mol. The molecule has 0 N–H and O–H groups in total. The zero-order valence-electron chi connectivity index (χ0n) is 11.8. The lowest BCUT2D eigenvalue weighted by atomic mass is 9.94. The highest BCUT2D eigenvalue weighted by Crippen LogP contribution is 2.30. The predicted octanol–water partition coefficient (Wildman–Crippen LogP) is 3.82. The zero-order valence-corrected chi connectivity index (χ0v) is 12.7. The maximum Gasteiger partial charge on any atom is 0.281 e. The number of hydrogen-bond acceptors (Lipinski definition) is 4. The fraction of sp³-hybridized carbons (Fsp3) is 0.500. The molecule has 0 unspecified atom stereocenters. The topological polar surface area (TPSA) is 33.2 Å². The third-order valence-corrected chi connectivity index (χ3v) is 5.20. The van der Waals surface area contributed by atoms with Crippen molar-refractivity contribution in [3.05, 3.63) is 34.6 Å². The quantitative estimate of drug-likeness (QED) is 0.861. The second-order valence-electron chi connectivity index (χ2n) is 5.38. The summed E-state index contributed by atoms with van der Waals surface area (Å²) < 4.78 is 1.04. The predicted molar refractivity (Wildman–Crippen MR) is 85.8 cm³/mol. The van der Waals surface area contributed by atoms with Crippen molar-refractivity contribution >= 4 is 26.6 Å². The molecule has 1 aliphatic carbocycles. The fourth-order valence-electron chi connectivity index (χ4n) is 3.07. The van der Waals surface area contributed by atoms with Crippen LogP contribution < -0.4 is 10.5 Å². The van der Waals surface area contributed by atoms with Gasteiger partial charge < -0.3 is 4.90 Å². The lowest BCUT2D eigenvalue weighted by Crippen LogP contribution is -2.37. The van der Waals surface area contributed by atoms with Crippen molar-refractivity contribution in [3.8, 4) is 0 Å². The summed E-state index contributed by atoms with van der Waals surface area (Å²) in [7, 11) is 0. The van der Waals surface area contributed by atoms with Crippen LogP contribution >= 0.6 is 11.3 Å². The van der Waals surface area contributed by atoms with E-state index in [0.29, 0.717) is 6.04 Å². The van der Waals surface area contributed by atoms with E-state index < -0.39 is 0 Å². The van der Waals surface area contributed by atoms with Crippen molar-refractivity contribution in [1.29, 1.82) is 0 Å². The summed E-state index contributed by atoms with van der Waals surface area (Å²) in [6, 6.07) is 8.32. The molecule has 0 bridgehead atoms. The minimum absolute atomic E-state index is 0.0939. The van der Waals surface area contributed by atoms with Crippen LogP contribution in [0.4, 0.5) is 5.13 Å². The van der Waals surface area contributed by atoms with E-state index in [-0.39, 0.29) is 5.56 Å². The summed E-state index contributed by atoms with van der Waals surface area (Å²) in [4.78, 5) is 18.8. The summed E-state index contributed by atoms with van der Waals surface area (Å²) in [6.45, 7) is 3.08. The molecule has 0 aliphatic heterocycles. The Morgan fingerprint density at radius 2 is 2.00 bits per heavy atom. The molecule has 1 saturated carbocycles. The van der Waals surface area contributed by atoms with Gasteiger partial charge in [-0.2, -0.15) is 4.98 Å². The molecule has 4 heteroatoms. The molecule has 1 heterocycles. The Balaban J connectivity index is 2.01. The van der Waals surface area contributed by atoms with E-state index in [1.807, 2.05) is 24.3 Å². The molecule has 0 spiro atoms. The minimum Gasteiger partial charge on any atom is -0.345 e. The Morgan fingerprint density at radius 3 is 2.75 bits per heavy atom. The second-order valence-corrected chi connectivity index (χ2v) is 6.38. The van der Waals surface area contributed by atoms with Crippen LogP contribution in [-0.4, -0.2) is 17.6 Å². The van der Waals surface area contributed by atoms with Crippen LogP contribution in [0.3, 0.4) is 0 Å². The van der Waals surface area contributed by atoms with Crippen LogP contribution in [0.5, 0.6) is 0 Å². The molecule has 1 aromatic carbocycles. The van der Waals surface area contributed by atoms with Gasteiger partial charge in [0.05, 0.1) is 5.39 Å². The number of hydrogen-bond donors (Lipinski definition) is 0. The van der Waals surface area contributed by atoms with E-state index in [1.54, 1.807) is 11.3 Å². The van der Waals surface area contributed by atoms with Gasteiger partial charge >= 0.3 is 0 Å². The van der Waals surface area contributed by atoms with Gasteiger partial charge in [-0.05, 0) is 31.9 Å². The molecule has 20 heavy (non-hydrogen) atoms. The average molecular weight is 288 g/mol. The van der Waals surface area contributed by atoms with Crippen LogP contribution in [0.25, 0.3) is 10.1 Å². The number of benzene rings is 1. The number of fused-ring (bicyclic) bond motifs is 1. The zero-order chi connectivity index (χ0) is 13.9. The van der Waals surface area contributed by atoms with Crippen molar-refractivity contribution < 1.29 is 0 Å². The van der Waals surface area contributed by atoms with Crippen molar-refractivity contribution in [2.45, 2.75) is 45.1 Å². The Labute approximate surface area is 123 Å². The van der Waals surface area contributed by atoms with Crippen LogP contribution in [-0.2, 0) is 0 Å². The third-order valence-electron chi connectivity index (χ3n) is 4.12. The first-order valence-electron chi connectivity index (χ1n) is 7.46. The molecule has 3 rings (SSSR count). The molecule has 0 saturated heterocycles. The van der Waals surface area contributed by atoms with Gasteiger partial charge in [0.15, 0.2) is 5.13 Å². The van der Waals surface area contributed by atoms with E-state index >= 15 is 0 Å². The summed E-state index contributed by atoms with van der Waals surface area (Å²) in [5, 5.41) is 1.63. The van der Waals surface area contributed by atoms with Crippen molar-refractivity contribution in [3.63, 3.8) is 0 Å². The minimum atomic E-state index is -0.0939. The van der Waals surface area contributed by atoms with Crippen molar-refractivity contribution in [1.82, 2.24) is 4.98 Å². The van der Waals surface area contributed by atoms with E-state index in [2.05, 4.69) is 16.8 Å². The summed E-state index contributed by atoms with van der Waals surface area (Å²) >= 11 is 1.64. The first-order chi connectivity index (χ1) is 9.79. The highest BCUT2D eigenvalue weighted by molar-refractivity contribution is 7.21. The van der Waals surface area contributed by atoms with Gasteiger partial charge in [0.2, 0.25) is 0 Å². The van der Waals surface area contributed by atoms with E-state index in [4.69, 9.17) is 0 Å². The van der Waals surface area contributed by atoms with Gasteiger partial charge in [-0.1, -0.05) is 42.7 Å². The van der Waals surface area contributed by atoms with Gasteiger partial charge in [0, 0.05) is 17.3 Å². The van der Waals surface area contributed by atoms with E-state index in [9.17, 15) is 4.79 Å². The normalized spacial score (nSPS) is 16.4. The molecule has 3 nitrogen and oxygen atoms in total. The van der Waals surface area contributed by atoms with Gasteiger partial charge in [-0.25, -0.2) is 0 Å². The molecule has 1 aromatic heterocycles. The molecule has 1 fully saturated rings. The van der Waals surface area contributed by atoms with E-state index in [1.165, 1.54) is 32.1 Å². The maximum atomic E-state index is 12.2. The number of rotatable bonds is 3. The average Bonchev–Trinajstić information content (AvgIpc) is 2.49. The lowest BCUT2D eigenvalue weighted by molar-refractivity contribution is 0.417. The maximum absolute atomic E-state index is 12.2. The lowest BCUT2D eigenvalue weighted by Gasteiger charge is -2.33. The third kappa shape index (κ3) is 2.57. The van der Waals surface area contributed by atoms with Crippen LogP contribution in [0, 0.1) is 0 Å². The van der Waals surface area contributed by atoms with Gasteiger partial charge in [0.1, 0.15) is 0 Å². The molecule has 0 radical (unpaired) electrons. The van der Waals surface area contributed by atoms with Gasteiger partial charge in [-0.15, -0.1) is 0 Å². The first-order valence-corrected chi connectivity index (χ1v) is 8.28. The van der Waals surface area contributed by atoms with Gasteiger partial charge in [-0.3, -0.25) is 4.79 Å². The first kappa shape index (κ1) is 13.6. The molecule has 0 amide bonds. The monoisotopic (exact) mass is 288 g/mol. The van der Waals surface area contributed by atoms with Crippen LogP contribution in [0.15, 0.2) is 29.1 Å². The van der Waals surface area contributed by atoms with Crippen LogP contribution in [0.2, 0.25) is 0 Å². The number of anilines is 1. The van der Waals surface area contributed by atoms with E-state index in [0.717, 1.165) is 21.8 Å². The summed E-state index contributed by atoms with van der Waals surface area (Å²) in [5.74, 6) is 0. The highest BCUT2D eigenvalue weighted by Gasteiger charge is 2.22. The smallest absolute Gasteiger partial charge is 0.281 e. The number of aromatic nitrogens is 1. The molecular formula is C16H20N2OS. The Kier molecular flexibility index (Phi) is 4.01. The number of nitrogens with zero attached hydrogens (tertiary/aromatic N) is 2. The molecule has 106 valence electrons. The molecule has 0 atom stereocenters. The Hall–Kier alpha value is -1.42. The summed E-state index contributed by atoms with van der Waals surface area (Å²) in [6.07, 6.45) is 6.38. The Bertz CT molecular complexity index is 646. The van der Waals surface area contributed by atoms with Crippen LogP contribution in [0.1, 0.15) is 39.0 Å². The van der Waals surface area contributed by atoms with Crippen molar-refractivity contribution in [2.24, 2.45) is 0 Å². The molecule has 2 aromatic rings. The molecule has 1 aliphatic rings. The fourth-order valence-corrected chi connectivity index (χ4v) is 4.20. The highest BCUT2D eigenvalue weighted by atomic mass is 32.1. The second kappa shape index (κ2) is 5.92. The Morgan fingerprint density at radius 1 is 1.25 bits per heavy atom. The van der Waals surface area contributed by atoms with Gasteiger partial charge in [0.25, 0.3) is 5.56 Å². The van der Waals surface area contributed by atoms with Crippen molar-refractivity contribution in [2.75, 3.05) is 11.4 Å². The standard InChI is InChI=1S/C16H20N2OS/c1-2-18(12-8-4-3-5-9-12)16-17-15(19)13-10-6-7-11-14(13)20-16/h6-7,10-12H,2-5,8-9H2,1H3. The summed E-state index contributed by atoms with van der Waals surface area (Å²) in [5.41, 5.74) is -0.0939. The largest absolute Gasteiger partial charge is 0.345 e. The SMILES string of the molecule is CCN(c1nc(=O)c2ccccc2s1)C1CCCCC1.